The Labute approximate surface area is 174 Å². The lowest BCUT2D eigenvalue weighted by atomic mass is 10.1. The molecule has 0 aliphatic carbocycles. The Hall–Kier alpha value is -2.65. The molecule has 8 nitrogen and oxygen atoms in total. The first-order chi connectivity index (χ1) is 14.5. The Morgan fingerprint density at radius 3 is 2.93 bits per heavy atom. The van der Waals surface area contributed by atoms with Crippen molar-refractivity contribution in [2.75, 3.05) is 25.5 Å². The van der Waals surface area contributed by atoms with E-state index in [1.165, 1.54) is 6.20 Å². The quantitative estimate of drug-likeness (QED) is 0.672. The first kappa shape index (κ1) is 19.3. The number of para-hydroxylation sites is 1. The van der Waals surface area contributed by atoms with Crippen LogP contribution < -0.4 is 0 Å². The third-order valence-electron chi connectivity index (χ3n) is 6.03. The first-order valence-corrected chi connectivity index (χ1v) is 11.9. The van der Waals surface area contributed by atoms with Crippen LogP contribution >= 0.6 is 0 Å². The van der Waals surface area contributed by atoms with Gasteiger partial charge in [-0.2, -0.15) is 5.10 Å². The van der Waals surface area contributed by atoms with Crippen molar-refractivity contribution < 1.29 is 17.9 Å². The van der Waals surface area contributed by atoms with Crippen LogP contribution in [-0.4, -0.2) is 59.5 Å². The molecule has 9 heteroatoms. The lowest BCUT2D eigenvalue weighted by molar-refractivity contribution is 0.0698. The minimum Gasteiger partial charge on any atom is -0.381 e. The van der Waals surface area contributed by atoms with Crippen LogP contribution in [0.25, 0.3) is 10.9 Å². The Bertz CT molecular complexity index is 1160. The minimum atomic E-state index is -3.46. The topological polar surface area (TPSA) is 97.3 Å². The van der Waals surface area contributed by atoms with Crippen LogP contribution in [0.15, 0.2) is 41.4 Å². The molecule has 1 aromatic carbocycles. The number of hydrogen-bond acceptors (Lipinski definition) is 5. The number of ether oxygens (including phenoxy) is 1. The van der Waals surface area contributed by atoms with E-state index >= 15 is 0 Å². The second-order valence-electron chi connectivity index (χ2n) is 8.01. The number of H-pyrrole nitrogens is 1. The molecule has 2 aromatic heterocycles. The van der Waals surface area contributed by atoms with Crippen LogP contribution in [0.3, 0.4) is 0 Å². The SMILES string of the molecule is O=C(c1cc2ccccc2[nH]1)N1CCn2ncc(S(=O)(=O)CCC3CCOC3)c2C1. The zero-order chi connectivity index (χ0) is 20.7. The number of carbonyl (C=O) groups is 1. The molecule has 0 spiro atoms. The molecule has 1 saturated heterocycles. The fraction of sp³-hybridized carbons (Fsp3) is 0.429. The monoisotopic (exact) mass is 428 g/mol. The van der Waals surface area contributed by atoms with Crippen molar-refractivity contribution in [3.8, 4) is 0 Å². The van der Waals surface area contributed by atoms with Crippen molar-refractivity contribution >= 4 is 26.6 Å². The van der Waals surface area contributed by atoms with Crippen molar-refractivity contribution in [1.82, 2.24) is 19.7 Å². The molecule has 1 amide bonds. The molecule has 2 aliphatic rings. The van der Waals surface area contributed by atoms with E-state index in [0.717, 1.165) is 17.3 Å². The summed E-state index contributed by atoms with van der Waals surface area (Å²) in [6.07, 6.45) is 2.94. The molecule has 1 unspecified atom stereocenters. The van der Waals surface area contributed by atoms with Gasteiger partial charge in [0.15, 0.2) is 9.84 Å². The van der Waals surface area contributed by atoms with Crippen molar-refractivity contribution in [1.29, 1.82) is 0 Å². The van der Waals surface area contributed by atoms with E-state index < -0.39 is 9.84 Å². The summed E-state index contributed by atoms with van der Waals surface area (Å²) >= 11 is 0. The lowest BCUT2D eigenvalue weighted by Gasteiger charge is -2.28. The van der Waals surface area contributed by atoms with Gasteiger partial charge in [-0.3, -0.25) is 9.48 Å². The smallest absolute Gasteiger partial charge is 0.270 e. The number of benzene rings is 1. The molecule has 0 bridgehead atoms. The van der Waals surface area contributed by atoms with Crippen LogP contribution in [0.4, 0.5) is 0 Å². The van der Waals surface area contributed by atoms with E-state index in [1.807, 2.05) is 30.3 Å². The van der Waals surface area contributed by atoms with Gasteiger partial charge in [0.1, 0.15) is 10.6 Å². The van der Waals surface area contributed by atoms with Gasteiger partial charge in [0, 0.05) is 30.7 Å². The Balaban J connectivity index is 1.35. The number of nitrogens with one attached hydrogen (secondary N) is 1. The summed E-state index contributed by atoms with van der Waals surface area (Å²) in [6, 6.07) is 9.57. The van der Waals surface area contributed by atoms with Gasteiger partial charge in [0.2, 0.25) is 0 Å². The maximum absolute atomic E-state index is 13.1. The second kappa shape index (κ2) is 7.55. The Kier molecular flexibility index (Phi) is 4.86. The number of amides is 1. The molecular formula is C21H24N4O4S. The van der Waals surface area contributed by atoms with E-state index in [2.05, 4.69) is 10.1 Å². The molecule has 30 heavy (non-hydrogen) atoms. The largest absolute Gasteiger partial charge is 0.381 e. The van der Waals surface area contributed by atoms with Crippen molar-refractivity contribution in [2.45, 2.75) is 30.8 Å². The van der Waals surface area contributed by atoms with Crippen molar-refractivity contribution in [2.24, 2.45) is 5.92 Å². The van der Waals surface area contributed by atoms with Crippen LogP contribution in [0, 0.1) is 5.92 Å². The average Bonchev–Trinajstić information content (AvgIpc) is 3.50. The zero-order valence-electron chi connectivity index (χ0n) is 16.6. The molecule has 1 N–H and O–H groups in total. The predicted molar refractivity (Wildman–Crippen MR) is 111 cm³/mol. The van der Waals surface area contributed by atoms with E-state index in [4.69, 9.17) is 4.74 Å². The fourth-order valence-corrected chi connectivity index (χ4v) is 5.86. The number of fused-ring (bicyclic) bond motifs is 2. The molecule has 4 heterocycles. The second-order valence-corrected chi connectivity index (χ2v) is 10.1. The van der Waals surface area contributed by atoms with Gasteiger partial charge in [-0.1, -0.05) is 18.2 Å². The molecule has 3 aromatic rings. The van der Waals surface area contributed by atoms with Gasteiger partial charge in [0.25, 0.3) is 5.91 Å². The summed E-state index contributed by atoms with van der Waals surface area (Å²) in [4.78, 5) is 18.2. The van der Waals surface area contributed by atoms with E-state index in [9.17, 15) is 13.2 Å². The maximum Gasteiger partial charge on any atom is 0.270 e. The van der Waals surface area contributed by atoms with E-state index in [-0.39, 0.29) is 23.1 Å². The number of nitrogens with zero attached hydrogens (tertiary/aromatic N) is 3. The summed E-state index contributed by atoms with van der Waals surface area (Å²) in [5.74, 6) is 0.242. The number of rotatable bonds is 5. The highest BCUT2D eigenvalue weighted by Crippen LogP contribution is 2.26. The number of hydrogen-bond donors (Lipinski definition) is 1. The molecule has 1 atom stereocenters. The third-order valence-corrected chi connectivity index (χ3v) is 7.82. The molecule has 0 saturated carbocycles. The number of aromatic nitrogens is 3. The van der Waals surface area contributed by atoms with E-state index in [1.54, 1.807) is 9.58 Å². The highest BCUT2D eigenvalue weighted by atomic mass is 32.2. The summed E-state index contributed by atoms with van der Waals surface area (Å²) in [5, 5.41) is 5.25. The van der Waals surface area contributed by atoms with Crippen LogP contribution in [0.5, 0.6) is 0 Å². The van der Waals surface area contributed by atoms with Crippen LogP contribution in [0.1, 0.15) is 29.0 Å². The minimum absolute atomic E-state index is 0.0791. The van der Waals surface area contributed by atoms with E-state index in [0.29, 0.717) is 50.0 Å². The standard InChI is InChI=1S/C21H24N4O4S/c26-21(18-11-16-3-1-2-4-17(16)23-18)24-7-8-25-19(13-24)20(12-22-25)30(27,28)10-6-15-5-9-29-14-15/h1-4,11-12,15,23H,5-10,13-14H2. The summed E-state index contributed by atoms with van der Waals surface area (Å²) in [6.45, 7) is 2.54. The average molecular weight is 429 g/mol. The lowest BCUT2D eigenvalue weighted by Crippen LogP contribution is -2.39. The zero-order valence-corrected chi connectivity index (χ0v) is 17.4. The highest BCUT2D eigenvalue weighted by Gasteiger charge is 2.31. The van der Waals surface area contributed by atoms with Crippen LogP contribution in [-0.2, 0) is 27.7 Å². The van der Waals surface area contributed by atoms with Gasteiger partial charge in [-0.05, 0) is 30.9 Å². The molecular weight excluding hydrogens is 404 g/mol. The Morgan fingerprint density at radius 2 is 2.13 bits per heavy atom. The fourth-order valence-electron chi connectivity index (χ4n) is 4.26. The van der Waals surface area contributed by atoms with Crippen molar-refractivity contribution in [3.05, 3.63) is 47.9 Å². The summed E-state index contributed by atoms with van der Waals surface area (Å²) < 4.78 is 33.0. The van der Waals surface area contributed by atoms with Gasteiger partial charge >= 0.3 is 0 Å². The van der Waals surface area contributed by atoms with Gasteiger partial charge in [0.05, 0.1) is 30.7 Å². The first-order valence-electron chi connectivity index (χ1n) is 10.2. The summed E-state index contributed by atoms with van der Waals surface area (Å²) in [5.41, 5.74) is 2.00. The summed E-state index contributed by atoms with van der Waals surface area (Å²) in [7, 11) is -3.46. The van der Waals surface area contributed by atoms with Gasteiger partial charge in [-0.25, -0.2) is 8.42 Å². The number of carbonyl (C=O) groups excluding carboxylic acids is 1. The third kappa shape index (κ3) is 3.52. The molecule has 158 valence electrons. The molecule has 0 radical (unpaired) electrons. The normalized spacial score (nSPS) is 19.3. The van der Waals surface area contributed by atoms with Gasteiger partial charge < -0.3 is 14.6 Å². The number of aromatic amines is 1. The molecule has 1 fully saturated rings. The predicted octanol–water partition coefficient (Wildman–Crippen LogP) is 2.22. The Morgan fingerprint density at radius 1 is 1.27 bits per heavy atom. The van der Waals surface area contributed by atoms with Crippen LogP contribution in [0.2, 0.25) is 0 Å². The molecule has 2 aliphatic heterocycles. The number of sulfone groups is 1. The van der Waals surface area contributed by atoms with Crippen molar-refractivity contribution in [3.63, 3.8) is 0 Å². The van der Waals surface area contributed by atoms with Gasteiger partial charge in [-0.15, -0.1) is 0 Å². The highest BCUT2D eigenvalue weighted by molar-refractivity contribution is 7.91. The molecule has 5 rings (SSSR count). The maximum atomic E-state index is 13.1.